The van der Waals surface area contributed by atoms with Crippen molar-refractivity contribution in [1.82, 2.24) is 0 Å². The average molecular weight is 300 g/mol. The summed E-state index contributed by atoms with van der Waals surface area (Å²) in [7, 11) is 0. The second kappa shape index (κ2) is 7.36. The van der Waals surface area contributed by atoms with Gasteiger partial charge in [0.2, 0.25) is 5.91 Å². The molecule has 0 atom stereocenters. The van der Waals surface area contributed by atoms with E-state index < -0.39 is 11.7 Å². The van der Waals surface area contributed by atoms with Gasteiger partial charge in [0.1, 0.15) is 5.82 Å². The van der Waals surface area contributed by atoms with Crippen LogP contribution in [-0.4, -0.2) is 11.8 Å². The van der Waals surface area contributed by atoms with E-state index in [1.807, 2.05) is 6.92 Å². The molecule has 2 aromatic carbocycles. The Labute approximate surface area is 128 Å². The number of carbonyl (C=O) groups is 2. The molecule has 2 N–H and O–H groups in total. The quantitative estimate of drug-likeness (QED) is 0.882. The fourth-order valence-electron chi connectivity index (χ4n) is 1.91. The first-order valence-corrected chi connectivity index (χ1v) is 7.06. The van der Waals surface area contributed by atoms with Crippen LogP contribution in [0.3, 0.4) is 0 Å². The number of rotatable bonds is 5. The van der Waals surface area contributed by atoms with Gasteiger partial charge in [-0.3, -0.25) is 9.59 Å². The maximum absolute atomic E-state index is 13.5. The molecule has 0 heterocycles. The second-order valence-electron chi connectivity index (χ2n) is 4.81. The fraction of sp³-hybridized carbons (Fsp3) is 0.176. The van der Waals surface area contributed by atoms with Gasteiger partial charge in [0, 0.05) is 17.7 Å². The monoisotopic (exact) mass is 300 g/mol. The third kappa shape index (κ3) is 4.15. The summed E-state index contributed by atoms with van der Waals surface area (Å²) in [5.74, 6) is -0.957. The smallest absolute Gasteiger partial charge is 0.255 e. The van der Waals surface area contributed by atoms with Crippen molar-refractivity contribution in [2.75, 3.05) is 10.6 Å². The van der Waals surface area contributed by atoms with Gasteiger partial charge in [-0.25, -0.2) is 4.39 Å². The minimum atomic E-state index is -0.487. The van der Waals surface area contributed by atoms with Crippen molar-refractivity contribution in [2.45, 2.75) is 19.8 Å². The van der Waals surface area contributed by atoms with E-state index in [1.54, 1.807) is 36.4 Å². The van der Waals surface area contributed by atoms with E-state index >= 15 is 0 Å². The Kier molecular flexibility index (Phi) is 5.25. The zero-order chi connectivity index (χ0) is 15.9. The van der Waals surface area contributed by atoms with E-state index in [-0.39, 0.29) is 11.6 Å². The predicted molar refractivity (Wildman–Crippen MR) is 84.3 cm³/mol. The topological polar surface area (TPSA) is 58.2 Å². The van der Waals surface area contributed by atoms with Crippen LogP contribution in [0, 0.1) is 5.82 Å². The van der Waals surface area contributed by atoms with E-state index in [2.05, 4.69) is 10.6 Å². The van der Waals surface area contributed by atoms with Crippen molar-refractivity contribution in [3.8, 4) is 0 Å². The molecule has 5 heteroatoms. The van der Waals surface area contributed by atoms with Crippen LogP contribution in [0.4, 0.5) is 15.8 Å². The second-order valence-corrected chi connectivity index (χ2v) is 4.81. The summed E-state index contributed by atoms with van der Waals surface area (Å²) >= 11 is 0. The Morgan fingerprint density at radius 3 is 2.32 bits per heavy atom. The van der Waals surface area contributed by atoms with Crippen molar-refractivity contribution in [1.29, 1.82) is 0 Å². The van der Waals surface area contributed by atoms with Crippen LogP contribution in [0.5, 0.6) is 0 Å². The molecule has 114 valence electrons. The molecule has 0 aromatic heterocycles. The maximum atomic E-state index is 13.5. The van der Waals surface area contributed by atoms with E-state index in [9.17, 15) is 14.0 Å². The summed E-state index contributed by atoms with van der Waals surface area (Å²) < 4.78 is 13.5. The molecule has 4 nitrogen and oxygen atoms in total. The first kappa shape index (κ1) is 15.7. The average Bonchev–Trinajstić information content (AvgIpc) is 2.50. The SMILES string of the molecule is CCCC(=O)Nc1ccc(C(=O)Nc2ccccc2F)cc1. The number of hydrogen-bond acceptors (Lipinski definition) is 2. The molecule has 0 bridgehead atoms. The van der Waals surface area contributed by atoms with E-state index in [0.29, 0.717) is 17.7 Å². The zero-order valence-corrected chi connectivity index (χ0v) is 12.2. The number of amides is 2. The summed E-state index contributed by atoms with van der Waals surface area (Å²) in [5, 5.41) is 5.24. The van der Waals surface area contributed by atoms with Gasteiger partial charge >= 0.3 is 0 Å². The lowest BCUT2D eigenvalue weighted by Crippen LogP contribution is -2.14. The van der Waals surface area contributed by atoms with Gasteiger partial charge in [-0.05, 0) is 42.8 Å². The first-order chi connectivity index (χ1) is 10.6. The Morgan fingerprint density at radius 1 is 1.00 bits per heavy atom. The Morgan fingerprint density at radius 2 is 1.68 bits per heavy atom. The van der Waals surface area contributed by atoms with Crippen LogP contribution >= 0.6 is 0 Å². The number of halogens is 1. The Bertz CT molecular complexity index is 669. The van der Waals surface area contributed by atoms with Crippen LogP contribution in [0.1, 0.15) is 30.1 Å². The van der Waals surface area contributed by atoms with Crippen molar-refractivity contribution in [2.24, 2.45) is 0 Å². The van der Waals surface area contributed by atoms with Gasteiger partial charge in [-0.2, -0.15) is 0 Å². The van der Waals surface area contributed by atoms with Gasteiger partial charge in [0.25, 0.3) is 5.91 Å². The largest absolute Gasteiger partial charge is 0.326 e. The first-order valence-electron chi connectivity index (χ1n) is 7.06. The highest BCUT2D eigenvalue weighted by molar-refractivity contribution is 6.04. The summed E-state index contributed by atoms with van der Waals surface area (Å²) in [5.41, 5.74) is 1.14. The lowest BCUT2D eigenvalue weighted by Gasteiger charge is -2.08. The van der Waals surface area contributed by atoms with Crippen molar-refractivity contribution in [3.05, 3.63) is 59.9 Å². The number of carbonyl (C=O) groups excluding carboxylic acids is 2. The predicted octanol–water partition coefficient (Wildman–Crippen LogP) is 3.82. The number of nitrogens with one attached hydrogen (secondary N) is 2. The summed E-state index contributed by atoms with van der Waals surface area (Å²) in [6, 6.07) is 12.4. The maximum Gasteiger partial charge on any atom is 0.255 e. The summed E-state index contributed by atoms with van der Waals surface area (Å²) in [6.45, 7) is 1.93. The van der Waals surface area contributed by atoms with Gasteiger partial charge < -0.3 is 10.6 Å². The number of benzene rings is 2. The minimum absolute atomic E-state index is 0.0638. The fourth-order valence-corrected chi connectivity index (χ4v) is 1.91. The molecule has 0 saturated carbocycles. The molecule has 0 aliphatic carbocycles. The van der Waals surface area contributed by atoms with Crippen molar-refractivity contribution < 1.29 is 14.0 Å². The van der Waals surface area contributed by atoms with E-state index in [4.69, 9.17) is 0 Å². The van der Waals surface area contributed by atoms with Gasteiger partial charge in [0.05, 0.1) is 5.69 Å². The standard InChI is InChI=1S/C17H17FN2O2/c1-2-5-16(21)19-13-10-8-12(9-11-13)17(22)20-15-7-4-3-6-14(15)18/h3-4,6-11H,2,5H2,1H3,(H,19,21)(H,20,22). The van der Waals surface area contributed by atoms with Crippen molar-refractivity contribution >= 4 is 23.2 Å². The Balaban J connectivity index is 2.02. The molecule has 0 radical (unpaired) electrons. The normalized spacial score (nSPS) is 10.1. The summed E-state index contributed by atoms with van der Waals surface area (Å²) in [6.07, 6.45) is 1.23. The zero-order valence-electron chi connectivity index (χ0n) is 12.2. The molecule has 0 spiro atoms. The lowest BCUT2D eigenvalue weighted by atomic mass is 10.2. The van der Waals surface area contributed by atoms with Crippen LogP contribution in [0.15, 0.2) is 48.5 Å². The van der Waals surface area contributed by atoms with Crippen molar-refractivity contribution in [3.63, 3.8) is 0 Å². The minimum Gasteiger partial charge on any atom is -0.326 e. The molecule has 0 unspecified atom stereocenters. The van der Waals surface area contributed by atoms with Crippen LogP contribution in [0.2, 0.25) is 0 Å². The van der Waals surface area contributed by atoms with Crippen LogP contribution in [-0.2, 0) is 4.79 Å². The molecule has 2 rings (SSSR count). The number of hydrogen-bond donors (Lipinski definition) is 2. The van der Waals surface area contributed by atoms with Crippen LogP contribution in [0.25, 0.3) is 0 Å². The molecular weight excluding hydrogens is 283 g/mol. The van der Waals surface area contributed by atoms with Gasteiger partial charge in [-0.15, -0.1) is 0 Å². The number of anilines is 2. The molecule has 0 fully saturated rings. The van der Waals surface area contributed by atoms with Gasteiger partial charge in [0.15, 0.2) is 0 Å². The number of para-hydroxylation sites is 1. The molecule has 2 aromatic rings. The third-order valence-corrected chi connectivity index (χ3v) is 3.03. The highest BCUT2D eigenvalue weighted by atomic mass is 19.1. The summed E-state index contributed by atoms with van der Waals surface area (Å²) in [4.78, 5) is 23.5. The highest BCUT2D eigenvalue weighted by Crippen LogP contribution is 2.15. The van der Waals surface area contributed by atoms with E-state index in [0.717, 1.165) is 6.42 Å². The molecule has 0 saturated heterocycles. The Hall–Kier alpha value is -2.69. The van der Waals surface area contributed by atoms with Crippen LogP contribution < -0.4 is 10.6 Å². The highest BCUT2D eigenvalue weighted by Gasteiger charge is 2.09. The lowest BCUT2D eigenvalue weighted by molar-refractivity contribution is -0.116. The van der Waals surface area contributed by atoms with E-state index in [1.165, 1.54) is 12.1 Å². The molecule has 0 aliphatic rings. The third-order valence-electron chi connectivity index (χ3n) is 3.03. The molecular formula is C17H17FN2O2. The molecule has 2 amide bonds. The molecule has 22 heavy (non-hydrogen) atoms. The molecule has 0 aliphatic heterocycles. The van der Waals surface area contributed by atoms with Gasteiger partial charge in [-0.1, -0.05) is 19.1 Å².